The third kappa shape index (κ3) is 3.30. The molecule has 128 valence electrons. The Labute approximate surface area is 141 Å². The molecule has 1 aromatic heterocycles. The van der Waals surface area contributed by atoms with Crippen LogP contribution in [0.2, 0.25) is 0 Å². The Bertz CT molecular complexity index is 786. The second-order valence-corrected chi connectivity index (χ2v) is 7.02. The zero-order valence-electron chi connectivity index (χ0n) is 14.3. The van der Waals surface area contributed by atoms with E-state index in [1.54, 1.807) is 6.26 Å². The number of hydrogen-bond acceptors (Lipinski definition) is 3. The lowest BCUT2D eigenvalue weighted by atomic mass is 9.95. The van der Waals surface area contributed by atoms with Crippen molar-refractivity contribution in [3.8, 4) is 0 Å². The van der Waals surface area contributed by atoms with Crippen molar-refractivity contribution in [1.82, 2.24) is 5.32 Å². The normalized spacial score (nSPS) is 15.7. The zero-order valence-corrected chi connectivity index (χ0v) is 14.3. The maximum Gasteiger partial charge on any atom is 0.326 e. The van der Waals surface area contributed by atoms with E-state index >= 15 is 0 Å². The van der Waals surface area contributed by atoms with E-state index in [1.807, 2.05) is 6.07 Å². The van der Waals surface area contributed by atoms with E-state index in [2.05, 4.69) is 32.2 Å². The molecule has 1 aliphatic rings. The second kappa shape index (κ2) is 6.30. The third-order valence-electron chi connectivity index (χ3n) is 4.69. The van der Waals surface area contributed by atoms with E-state index < -0.39 is 12.0 Å². The number of fused-ring (bicyclic) bond motifs is 1. The number of rotatable bonds is 6. The Morgan fingerprint density at radius 3 is 2.62 bits per heavy atom. The Hall–Kier alpha value is -2.30. The fourth-order valence-corrected chi connectivity index (χ4v) is 3.21. The number of carbonyl (C=O) groups is 2. The molecule has 2 aromatic rings. The summed E-state index contributed by atoms with van der Waals surface area (Å²) >= 11 is 0. The van der Waals surface area contributed by atoms with E-state index in [1.165, 1.54) is 11.1 Å². The van der Waals surface area contributed by atoms with Crippen LogP contribution in [-0.2, 0) is 16.0 Å². The summed E-state index contributed by atoms with van der Waals surface area (Å²) in [5.74, 6) is -0.774. The lowest BCUT2D eigenvalue weighted by Crippen LogP contribution is -2.43. The van der Waals surface area contributed by atoms with E-state index in [-0.39, 0.29) is 18.2 Å². The molecular weight excluding hydrogens is 306 g/mol. The van der Waals surface area contributed by atoms with Crippen molar-refractivity contribution in [3.63, 3.8) is 0 Å². The monoisotopic (exact) mass is 329 g/mol. The minimum Gasteiger partial charge on any atom is -0.480 e. The highest BCUT2D eigenvalue weighted by Crippen LogP contribution is 2.33. The van der Waals surface area contributed by atoms with Gasteiger partial charge in [0.2, 0.25) is 5.91 Å². The van der Waals surface area contributed by atoms with Gasteiger partial charge in [0.1, 0.15) is 11.6 Å². The molecule has 2 N–H and O–H groups in total. The van der Waals surface area contributed by atoms with Gasteiger partial charge in [0.15, 0.2) is 0 Å². The molecule has 1 aliphatic carbocycles. The maximum atomic E-state index is 12.3. The number of furan rings is 1. The number of carboxylic acids is 1. The van der Waals surface area contributed by atoms with Gasteiger partial charge in [0.25, 0.3) is 0 Å². The summed E-state index contributed by atoms with van der Waals surface area (Å²) in [6.07, 6.45) is 3.45. The Kier molecular flexibility index (Phi) is 4.35. The van der Waals surface area contributed by atoms with E-state index in [0.29, 0.717) is 5.92 Å². The van der Waals surface area contributed by atoms with Gasteiger partial charge in [0.05, 0.1) is 12.7 Å². The van der Waals surface area contributed by atoms with Crippen LogP contribution in [-0.4, -0.2) is 23.0 Å². The topological polar surface area (TPSA) is 79.5 Å². The van der Waals surface area contributed by atoms with Crippen LogP contribution < -0.4 is 5.32 Å². The first-order chi connectivity index (χ1) is 11.4. The van der Waals surface area contributed by atoms with Gasteiger partial charge in [-0.1, -0.05) is 13.8 Å². The van der Waals surface area contributed by atoms with Crippen molar-refractivity contribution in [2.24, 2.45) is 5.92 Å². The summed E-state index contributed by atoms with van der Waals surface area (Å²) in [7, 11) is 0. The number of hydrogen-bond donors (Lipinski definition) is 2. The van der Waals surface area contributed by atoms with Crippen LogP contribution in [0, 0.1) is 12.8 Å². The number of aryl methyl sites for hydroxylation is 1. The van der Waals surface area contributed by atoms with Crippen molar-refractivity contribution >= 4 is 22.8 Å². The molecular formula is C19H23NO4. The van der Waals surface area contributed by atoms with Gasteiger partial charge in [-0.25, -0.2) is 4.79 Å². The van der Waals surface area contributed by atoms with Gasteiger partial charge in [-0.05, 0) is 54.9 Å². The van der Waals surface area contributed by atoms with Gasteiger partial charge in [0, 0.05) is 10.9 Å². The first-order valence-electron chi connectivity index (χ1n) is 8.39. The molecule has 0 bridgehead atoms. The fraction of sp³-hybridized carbons (Fsp3) is 0.474. The smallest absolute Gasteiger partial charge is 0.326 e. The summed E-state index contributed by atoms with van der Waals surface area (Å²) < 4.78 is 5.58. The SMILES string of the molecule is Cc1cc2occ(CC(=O)NC(C(=O)O)C3CC3)c2cc1C(C)C. The highest BCUT2D eigenvalue weighted by Gasteiger charge is 2.37. The van der Waals surface area contributed by atoms with Gasteiger partial charge >= 0.3 is 5.97 Å². The van der Waals surface area contributed by atoms with Crippen molar-refractivity contribution in [1.29, 1.82) is 0 Å². The Balaban J connectivity index is 1.80. The van der Waals surface area contributed by atoms with Crippen LogP contribution in [0.3, 0.4) is 0 Å². The molecule has 0 radical (unpaired) electrons. The predicted octanol–water partition coefficient (Wildman–Crippen LogP) is 3.39. The van der Waals surface area contributed by atoms with Gasteiger partial charge < -0.3 is 14.8 Å². The van der Waals surface area contributed by atoms with Gasteiger partial charge in [-0.2, -0.15) is 0 Å². The molecule has 1 atom stereocenters. The molecule has 5 nitrogen and oxygen atoms in total. The number of carbonyl (C=O) groups excluding carboxylic acids is 1. The highest BCUT2D eigenvalue weighted by atomic mass is 16.4. The van der Waals surface area contributed by atoms with Crippen LogP contribution in [0.5, 0.6) is 0 Å². The number of carboxylic acid groups (broad SMARTS) is 1. The summed E-state index contributed by atoms with van der Waals surface area (Å²) in [4.78, 5) is 23.5. The van der Waals surface area contributed by atoms with Crippen LogP contribution in [0.15, 0.2) is 22.8 Å². The molecule has 1 saturated carbocycles. The molecule has 24 heavy (non-hydrogen) atoms. The number of aliphatic carboxylic acids is 1. The molecule has 1 unspecified atom stereocenters. The Morgan fingerprint density at radius 1 is 1.33 bits per heavy atom. The predicted molar refractivity (Wildman–Crippen MR) is 91.0 cm³/mol. The lowest BCUT2D eigenvalue weighted by Gasteiger charge is -2.13. The van der Waals surface area contributed by atoms with E-state index in [9.17, 15) is 14.7 Å². The standard InChI is InChI=1S/C19H23NO4/c1-10(2)14-8-15-13(9-24-16(15)6-11(14)3)7-17(21)20-18(19(22)23)12-4-5-12/h6,8-10,12,18H,4-5,7H2,1-3H3,(H,20,21)(H,22,23). The van der Waals surface area contributed by atoms with Crippen molar-refractivity contribution in [2.75, 3.05) is 0 Å². The zero-order chi connectivity index (χ0) is 17.4. The average molecular weight is 329 g/mol. The van der Waals surface area contributed by atoms with Crippen molar-refractivity contribution in [3.05, 3.63) is 35.1 Å². The highest BCUT2D eigenvalue weighted by molar-refractivity contribution is 5.90. The molecule has 1 heterocycles. The largest absolute Gasteiger partial charge is 0.480 e. The number of benzene rings is 1. The first kappa shape index (κ1) is 16.6. The number of amides is 1. The summed E-state index contributed by atoms with van der Waals surface area (Å²) in [5, 5.41) is 12.8. The average Bonchev–Trinajstić information content (AvgIpc) is 3.27. The molecule has 5 heteroatoms. The van der Waals surface area contributed by atoms with Crippen molar-refractivity contribution < 1.29 is 19.1 Å². The van der Waals surface area contributed by atoms with Crippen LogP contribution in [0.4, 0.5) is 0 Å². The molecule has 0 spiro atoms. The van der Waals surface area contributed by atoms with Crippen molar-refractivity contribution in [2.45, 2.75) is 52.0 Å². The summed E-state index contributed by atoms with van der Waals surface area (Å²) in [6, 6.07) is 3.30. The van der Waals surface area contributed by atoms with Crippen LogP contribution in [0.1, 0.15) is 49.3 Å². The molecule has 1 amide bonds. The van der Waals surface area contributed by atoms with Gasteiger partial charge in [-0.3, -0.25) is 4.79 Å². The maximum absolute atomic E-state index is 12.3. The molecule has 0 aliphatic heterocycles. The molecule has 1 aromatic carbocycles. The van der Waals surface area contributed by atoms with Crippen LogP contribution >= 0.6 is 0 Å². The molecule has 3 rings (SSSR count). The van der Waals surface area contributed by atoms with E-state index in [4.69, 9.17) is 4.42 Å². The van der Waals surface area contributed by atoms with Crippen LogP contribution in [0.25, 0.3) is 11.0 Å². The molecule has 0 saturated heterocycles. The summed E-state index contributed by atoms with van der Waals surface area (Å²) in [6.45, 7) is 6.32. The third-order valence-corrected chi connectivity index (χ3v) is 4.69. The lowest BCUT2D eigenvalue weighted by molar-refractivity contribution is -0.142. The summed E-state index contributed by atoms with van der Waals surface area (Å²) in [5.41, 5.74) is 3.95. The fourth-order valence-electron chi connectivity index (χ4n) is 3.21. The second-order valence-electron chi connectivity index (χ2n) is 7.02. The number of nitrogens with one attached hydrogen (secondary N) is 1. The van der Waals surface area contributed by atoms with E-state index in [0.717, 1.165) is 29.4 Å². The minimum atomic E-state index is -0.958. The Morgan fingerprint density at radius 2 is 2.04 bits per heavy atom. The first-order valence-corrected chi connectivity index (χ1v) is 8.39. The molecule has 1 fully saturated rings. The quantitative estimate of drug-likeness (QED) is 0.851. The minimum absolute atomic E-state index is 0.0720. The van der Waals surface area contributed by atoms with Gasteiger partial charge in [-0.15, -0.1) is 0 Å².